The number of benzene rings is 1. The second-order valence-electron chi connectivity index (χ2n) is 6.47. The van der Waals surface area contributed by atoms with Crippen LogP contribution in [0.3, 0.4) is 0 Å². The number of hydrogen-bond acceptors (Lipinski definition) is 5. The molecular weight excluding hydrogens is 336 g/mol. The predicted octanol–water partition coefficient (Wildman–Crippen LogP) is 0.574. The van der Waals surface area contributed by atoms with Crippen LogP contribution in [0.5, 0.6) is 5.75 Å². The maximum atomic E-state index is 12.4. The zero-order valence-electron chi connectivity index (χ0n) is 15.4. The number of hydrogen-bond donors (Lipinski definition) is 2. The summed E-state index contributed by atoms with van der Waals surface area (Å²) in [6.45, 7) is 1.50. The van der Waals surface area contributed by atoms with Gasteiger partial charge in [-0.2, -0.15) is 0 Å². The minimum absolute atomic E-state index is 0.123. The minimum Gasteiger partial charge on any atom is -0.497 e. The van der Waals surface area contributed by atoms with Crippen molar-refractivity contribution in [2.24, 2.45) is 0 Å². The highest BCUT2D eigenvalue weighted by Crippen LogP contribution is 2.17. The molecule has 26 heavy (non-hydrogen) atoms. The van der Waals surface area contributed by atoms with Crippen molar-refractivity contribution in [2.45, 2.75) is 25.4 Å². The van der Waals surface area contributed by atoms with Crippen LogP contribution in [0, 0.1) is 0 Å². The SMILES string of the molecule is COc1ccc(CN2C(=O)N[C@@H](CCC(=O)NCCN(C)C)C2=O)cc1. The van der Waals surface area contributed by atoms with Crippen LogP contribution in [-0.2, 0) is 16.1 Å². The number of rotatable bonds is 9. The zero-order valence-corrected chi connectivity index (χ0v) is 15.4. The van der Waals surface area contributed by atoms with Crippen LogP contribution in [0.15, 0.2) is 24.3 Å². The lowest BCUT2D eigenvalue weighted by molar-refractivity contribution is -0.128. The van der Waals surface area contributed by atoms with Gasteiger partial charge in [-0.1, -0.05) is 12.1 Å². The summed E-state index contributed by atoms with van der Waals surface area (Å²) in [6.07, 6.45) is 0.484. The van der Waals surface area contributed by atoms with Gasteiger partial charge in [-0.3, -0.25) is 14.5 Å². The Labute approximate surface area is 153 Å². The molecule has 0 aromatic heterocycles. The van der Waals surface area contributed by atoms with Gasteiger partial charge in [-0.05, 0) is 38.2 Å². The van der Waals surface area contributed by atoms with E-state index in [-0.39, 0.29) is 31.2 Å². The van der Waals surface area contributed by atoms with Gasteiger partial charge in [0.25, 0.3) is 5.91 Å². The van der Waals surface area contributed by atoms with E-state index in [1.807, 2.05) is 31.1 Å². The topological polar surface area (TPSA) is 91.0 Å². The lowest BCUT2D eigenvalue weighted by Gasteiger charge is -2.13. The van der Waals surface area contributed by atoms with Gasteiger partial charge >= 0.3 is 6.03 Å². The standard InChI is InChI=1S/C18H26N4O4/c1-21(2)11-10-19-16(23)9-8-15-17(24)22(18(25)20-15)12-13-4-6-14(26-3)7-5-13/h4-7,15H,8-12H2,1-3H3,(H,19,23)(H,20,25)/t15-/m0/s1. The van der Waals surface area contributed by atoms with Crippen molar-refractivity contribution < 1.29 is 19.1 Å². The molecule has 0 unspecified atom stereocenters. The number of amides is 4. The summed E-state index contributed by atoms with van der Waals surface area (Å²) in [5.74, 6) is 0.290. The van der Waals surface area contributed by atoms with Crippen LogP contribution in [-0.4, -0.2) is 68.0 Å². The van der Waals surface area contributed by atoms with Gasteiger partial charge in [-0.25, -0.2) is 4.79 Å². The fourth-order valence-electron chi connectivity index (χ4n) is 2.62. The van der Waals surface area contributed by atoms with Crippen LogP contribution < -0.4 is 15.4 Å². The number of carbonyl (C=O) groups is 3. The van der Waals surface area contributed by atoms with Gasteiger partial charge < -0.3 is 20.3 Å². The van der Waals surface area contributed by atoms with Gasteiger partial charge in [0.05, 0.1) is 13.7 Å². The first-order valence-electron chi connectivity index (χ1n) is 8.57. The lowest BCUT2D eigenvalue weighted by Crippen LogP contribution is -2.34. The first kappa shape index (κ1) is 19.7. The fourth-order valence-corrected chi connectivity index (χ4v) is 2.62. The van der Waals surface area contributed by atoms with Gasteiger partial charge in [0.2, 0.25) is 5.91 Å². The van der Waals surface area contributed by atoms with Crippen LogP contribution in [0.2, 0.25) is 0 Å². The summed E-state index contributed by atoms with van der Waals surface area (Å²) in [5.41, 5.74) is 0.830. The van der Waals surface area contributed by atoms with E-state index in [4.69, 9.17) is 4.74 Å². The van der Waals surface area contributed by atoms with Crippen LogP contribution >= 0.6 is 0 Å². The summed E-state index contributed by atoms with van der Waals surface area (Å²) >= 11 is 0. The van der Waals surface area contributed by atoms with E-state index in [1.165, 1.54) is 4.90 Å². The van der Waals surface area contributed by atoms with E-state index >= 15 is 0 Å². The number of methoxy groups -OCH3 is 1. The van der Waals surface area contributed by atoms with Crippen molar-refractivity contribution >= 4 is 17.8 Å². The van der Waals surface area contributed by atoms with Gasteiger partial charge in [-0.15, -0.1) is 0 Å². The van der Waals surface area contributed by atoms with E-state index < -0.39 is 12.1 Å². The molecule has 8 nitrogen and oxygen atoms in total. The molecule has 1 atom stereocenters. The molecule has 0 spiro atoms. The third-order valence-electron chi connectivity index (χ3n) is 4.15. The Kier molecular flexibility index (Phi) is 6.97. The van der Waals surface area contributed by atoms with Crippen molar-refractivity contribution in [3.05, 3.63) is 29.8 Å². The third-order valence-corrected chi connectivity index (χ3v) is 4.15. The van der Waals surface area contributed by atoms with E-state index in [0.717, 1.165) is 12.1 Å². The number of urea groups is 1. The number of likely N-dealkylation sites (N-methyl/N-ethyl adjacent to an activating group) is 1. The monoisotopic (exact) mass is 362 g/mol. The molecule has 0 bridgehead atoms. The molecule has 2 rings (SSSR count). The van der Waals surface area contributed by atoms with Crippen molar-refractivity contribution in [3.8, 4) is 5.75 Å². The molecule has 8 heteroatoms. The van der Waals surface area contributed by atoms with Crippen molar-refractivity contribution in [3.63, 3.8) is 0 Å². The molecule has 0 radical (unpaired) electrons. The van der Waals surface area contributed by atoms with E-state index in [2.05, 4.69) is 10.6 Å². The molecule has 1 aliphatic heterocycles. The quantitative estimate of drug-likeness (QED) is 0.627. The van der Waals surface area contributed by atoms with E-state index in [9.17, 15) is 14.4 Å². The maximum Gasteiger partial charge on any atom is 0.325 e. The second-order valence-corrected chi connectivity index (χ2v) is 6.47. The Bertz CT molecular complexity index is 645. The lowest BCUT2D eigenvalue weighted by atomic mass is 10.1. The van der Waals surface area contributed by atoms with E-state index in [1.54, 1.807) is 19.2 Å². The molecular formula is C18H26N4O4. The average molecular weight is 362 g/mol. The molecule has 1 aliphatic rings. The molecule has 1 heterocycles. The summed E-state index contributed by atoms with van der Waals surface area (Å²) in [5, 5.41) is 5.45. The highest BCUT2D eigenvalue weighted by Gasteiger charge is 2.37. The average Bonchev–Trinajstić information content (AvgIpc) is 2.88. The van der Waals surface area contributed by atoms with Crippen molar-refractivity contribution in [2.75, 3.05) is 34.3 Å². The number of nitrogens with zero attached hydrogens (tertiary/aromatic N) is 2. The Morgan fingerprint density at radius 3 is 2.58 bits per heavy atom. The Hall–Kier alpha value is -2.61. The maximum absolute atomic E-state index is 12.4. The normalized spacial score (nSPS) is 16.8. The van der Waals surface area contributed by atoms with Crippen LogP contribution in [0.25, 0.3) is 0 Å². The minimum atomic E-state index is -0.652. The van der Waals surface area contributed by atoms with Gasteiger partial charge in [0, 0.05) is 19.5 Å². The summed E-state index contributed by atoms with van der Waals surface area (Å²) in [4.78, 5) is 39.5. The number of nitrogens with one attached hydrogen (secondary N) is 2. The highest BCUT2D eigenvalue weighted by molar-refractivity contribution is 6.04. The number of carbonyl (C=O) groups excluding carboxylic acids is 3. The number of imide groups is 1. The van der Waals surface area contributed by atoms with E-state index in [0.29, 0.717) is 12.3 Å². The molecule has 4 amide bonds. The third kappa shape index (κ3) is 5.45. The molecule has 1 saturated heterocycles. The molecule has 142 valence electrons. The predicted molar refractivity (Wildman–Crippen MR) is 96.7 cm³/mol. The first-order valence-corrected chi connectivity index (χ1v) is 8.57. The fraction of sp³-hybridized carbons (Fsp3) is 0.500. The van der Waals surface area contributed by atoms with Crippen LogP contribution in [0.1, 0.15) is 18.4 Å². The first-order chi connectivity index (χ1) is 12.4. The summed E-state index contributed by atoms with van der Waals surface area (Å²) < 4.78 is 5.09. The summed E-state index contributed by atoms with van der Waals surface area (Å²) in [6, 6.07) is 6.10. The molecule has 0 saturated carbocycles. The molecule has 1 aromatic rings. The number of ether oxygens (including phenoxy) is 1. The highest BCUT2D eigenvalue weighted by atomic mass is 16.5. The molecule has 0 aliphatic carbocycles. The molecule has 1 aromatic carbocycles. The Morgan fingerprint density at radius 1 is 1.27 bits per heavy atom. The van der Waals surface area contributed by atoms with Crippen molar-refractivity contribution in [1.29, 1.82) is 0 Å². The largest absolute Gasteiger partial charge is 0.497 e. The summed E-state index contributed by atoms with van der Waals surface area (Å²) in [7, 11) is 5.43. The van der Waals surface area contributed by atoms with Crippen LogP contribution in [0.4, 0.5) is 4.79 Å². The molecule has 2 N–H and O–H groups in total. The van der Waals surface area contributed by atoms with Gasteiger partial charge in [0.1, 0.15) is 11.8 Å². The molecule has 1 fully saturated rings. The Balaban J connectivity index is 1.82. The Morgan fingerprint density at radius 2 is 1.96 bits per heavy atom. The zero-order chi connectivity index (χ0) is 19.1. The second kappa shape index (κ2) is 9.19. The van der Waals surface area contributed by atoms with Crippen molar-refractivity contribution in [1.82, 2.24) is 20.4 Å². The van der Waals surface area contributed by atoms with Gasteiger partial charge in [0.15, 0.2) is 0 Å². The smallest absolute Gasteiger partial charge is 0.325 e.